The van der Waals surface area contributed by atoms with E-state index in [1.54, 1.807) is 0 Å². The molecule has 0 unspecified atom stereocenters. The normalized spacial score (nSPS) is 19.2. The summed E-state index contributed by atoms with van der Waals surface area (Å²) < 4.78 is 6.87. The Bertz CT molecular complexity index is 568. The highest BCUT2D eigenvalue weighted by atomic mass is 28.4. The van der Waals surface area contributed by atoms with Crippen molar-refractivity contribution in [2.45, 2.75) is 89.6 Å². The fraction of sp³-hybridized carbons (Fsp3) is 0.652. The summed E-state index contributed by atoms with van der Waals surface area (Å²) in [7, 11) is -1.89. The lowest BCUT2D eigenvalue weighted by atomic mass is 9.81. The molecule has 1 aromatic rings. The number of aliphatic hydroxyl groups excluding tert-OH is 1. The van der Waals surface area contributed by atoms with Gasteiger partial charge < -0.3 is 9.53 Å². The van der Waals surface area contributed by atoms with Crippen LogP contribution in [-0.2, 0) is 4.43 Å². The lowest BCUT2D eigenvalue weighted by molar-refractivity contribution is 0.106. The molecule has 1 aromatic carbocycles. The van der Waals surface area contributed by atoms with Crippen molar-refractivity contribution in [3.05, 3.63) is 48.0 Å². The van der Waals surface area contributed by atoms with E-state index in [1.807, 2.05) is 30.3 Å². The van der Waals surface area contributed by atoms with Crippen molar-refractivity contribution >= 4 is 8.32 Å². The molecule has 0 bridgehead atoms. The van der Waals surface area contributed by atoms with Gasteiger partial charge in [-0.3, -0.25) is 0 Å². The molecule has 2 nitrogen and oxygen atoms in total. The minimum Gasteiger partial charge on any atom is -0.410 e. The van der Waals surface area contributed by atoms with E-state index in [0.29, 0.717) is 12.3 Å². The maximum Gasteiger partial charge on any atom is 0.192 e. The largest absolute Gasteiger partial charge is 0.410 e. The Morgan fingerprint density at radius 2 is 1.73 bits per heavy atom. The van der Waals surface area contributed by atoms with Crippen LogP contribution in [0.1, 0.15) is 71.0 Å². The third-order valence-corrected chi connectivity index (χ3v) is 10.8. The van der Waals surface area contributed by atoms with Gasteiger partial charge in [-0.25, -0.2) is 0 Å². The van der Waals surface area contributed by atoms with E-state index in [-0.39, 0.29) is 11.1 Å². The maximum atomic E-state index is 10.7. The van der Waals surface area contributed by atoms with Crippen molar-refractivity contribution in [3.63, 3.8) is 0 Å². The van der Waals surface area contributed by atoms with Crippen LogP contribution in [0.5, 0.6) is 0 Å². The molecule has 1 N–H and O–H groups in total. The minimum absolute atomic E-state index is 0.0783. The van der Waals surface area contributed by atoms with Crippen LogP contribution < -0.4 is 0 Å². The third kappa shape index (κ3) is 5.55. The van der Waals surface area contributed by atoms with Crippen LogP contribution in [0.4, 0.5) is 0 Å². The van der Waals surface area contributed by atoms with Crippen molar-refractivity contribution in [1.29, 1.82) is 0 Å². The number of benzene rings is 1. The van der Waals surface area contributed by atoms with Gasteiger partial charge in [0.25, 0.3) is 0 Å². The molecule has 0 amide bonds. The van der Waals surface area contributed by atoms with Crippen LogP contribution in [0.3, 0.4) is 0 Å². The van der Waals surface area contributed by atoms with E-state index < -0.39 is 14.4 Å². The van der Waals surface area contributed by atoms with Crippen molar-refractivity contribution in [1.82, 2.24) is 0 Å². The summed E-state index contributed by atoms with van der Waals surface area (Å²) >= 11 is 0. The molecule has 1 saturated carbocycles. The highest BCUT2D eigenvalue weighted by Gasteiger charge is 2.41. The van der Waals surface area contributed by atoms with Crippen LogP contribution in [0.15, 0.2) is 42.5 Å². The van der Waals surface area contributed by atoms with E-state index in [4.69, 9.17) is 4.43 Å². The maximum absolute atomic E-state index is 10.7. The van der Waals surface area contributed by atoms with Gasteiger partial charge in [0.1, 0.15) is 0 Å². The first-order chi connectivity index (χ1) is 12.1. The Morgan fingerprint density at radius 1 is 1.15 bits per heavy atom. The third-order valence-electron chi connectivity index (χ3n) is 6.35. The Hall–Kier alpha value is -0.903. The molecule has 0 aliphatic heterocycles. The second-order valence-electron chi connectivity index (χ2n) is 9.49. The Balaban J connectivity index is 2.15. The van der Waals surface area contributed by atoms with E-state index in [2.05, 4.69) is 40.4 Å². The van der Waals surface area contributed by atoms with Gasteiger partial charge in [-0.1, -0.05) is 76.9 Å². The number of hydrogen-bond acceptors (Lipinski definition) is 2. The lowest BCUT2D eigenvalue weighted by Crippen LogP contribution is -2.46. The van der Waals surface area contributed by atoms with Gasteiger partial charge in [-0.15, -0.1) is 0 Å². The fourth-order valence-corrected chi connectivity index (χ4v) is 4.95. The lowest BCUT2D eigenvalue weighted by Gasteiger charge is -2.43. The zero-order valence-electron chi connectivity index (χ0n) is 17.4. The molecular weight excluding hydrogens is 336 g/mol. The molecule has 0 radical (unpaired) electrons. The van der Waals surface area contributed by atoms with Crippen molar-refractivity contribution in [2.24, 2.45) is 5.92 Å². The summed E-state index contributed by atoms with van der Waals surface area (Å²) in [5, 5.41) is 10.9. The molecule has 0 spiro atoms. The summed E-state index contributed by atoms with van der Waals surface area (Å²) in [6, 6.07) is 9.92. The van der Waals surface area contributed by atoms with E-state index in [9.17, 15) is 5.11 Å². The predicted molar refractivity (Wildman–Crippen MR) is 114 cm³/mol. The van der Waals surface area contributed by atoms with E-state index >= 15 is 0 Å². The molecule has 3 heteroatoms. The van der Waals surface area contributed by atoms with Gasteiger partial charge in [0.15, 0.2) is 8.32 Å². The highest BCUT2D eigenvalue weighted by Crippen LogP contribution is 2.42. The SMILES string of the molecule is C=C(C[C@H](O)c1ccccc1)[C@H](O[Si](C)(C)C(C)(C)C)C1CCCCC1. The highest BCUT2D eigenvalue weighted by molar-refractivity contribution is 6.74. The summed E-state index contributed by atoms with van der Waals surface area (Å²) in [4.78, 5) is 0. The molecular formula is C23H38O2Si. The Kier molecular flexibility index (Phi) is 7.29. The second kappa shape index (κ2) is 8.86. The van der Waals surface area contributed by atoms with Crippen molar-refractivity contribution in [2.75, 3.05) is 0 Å². The van der Waals surface area contributed by atoms with Gasteiger partial charge in [0.05, 0.1) is 12.2 Å². The average Bonchev–Trinajstić information content (AvgIpc) is 2.60. The van der Waals surface area contributed by atoms with Gasteiger partial charge in [-0.05, 0) is 48.0 Å². The first-order valence-corrected chi connectivity index (χ1v) is 13.1. The van der Waals surface area contributed by atoms with Crippen LogP contribution >= 0.6 is 0 Å². The van der Waals surface area contributed by atoms with Gasteiger partial charge in [0.2, 0.25) is 0 Å². The minimum atomic E-state index is -1.89. The van der Waals surface area contributed by atoms with Gasteiger partial charge in [0, 0.05) is 6.42 Å². The van der Waals surface area contributed by atoms with Gasteiger partial charge in [-0.2, -0.15) is 0 Å². The molecule has 26 heavy (non-hydrogen) atoms. The summed E-state index contributed by atoms with van der Waals surface area (Å²) in [6.45, 7) is 15.9. The first-order valence-electron chi connectivity index (χ1n) is 10.2. The standard InChI is InChI=1S/C23H38O2Si/c1-18(17-21(24)19-13-9-7-10-14-19)22(20-15-11-8-12-16-20)25-26(5,6)23(2,3)4/h7,9-10,13-14,20-22,24H,1,8,11-12,15-17H2,2-6H3/t21-,22-/m0/s1. The predicted octanol–water partition coefficient (Wildman–Crippen LogP) is 6.64. The van der Waals surface area contributed by atoms with Crippen molar-refractivity contribution < 1.29 is 9.53 Å². The number of aliphatic hydroxyl groups is 1. The first kappa shape index (κ1) is 21.4. The topological polar surface area (TPSA) is 29.5 Å². The molecule has 0 heterocycles. The summed E-state index contributed by atoms with van der Waals surface area (Å²) in [6.07, 6.45) is 6.52. The monoisotopic (exact) mass is 374 g/mol. The van der Waals surface area contributed by atoms with Crippen LogP contribution in [0, 0.1) is 5.92 Å². The zero-order valence-corrected chi connectivity index (χ0v) is 18.4. The zero-order chi connectivity index (χ0) is 19.4. The van der Waals surface area contributed by atoms with Gasteiger partial charge >= 0.3 is 0 Å². The summed E-state index contributed by atoms with van der Waals surface area (Å²) in [5.74, 6) is 0.549. The molecule has 146 valence electrons. The molecule has 1 aliphatic rings. The fourth-order valence-electron chi connectivity index (χ4n) is 3.60. The molecule has 0 aromatic heterocycles. The number of rotatable bonds is 7. The number of hydrogen-bond donors (Lipinski definition) is 1. The summed E-state index contributed by atoms with van der Waals surface area (Å²) in [5.41, 5.74) is 2.03. The Morgan fingerprint density at radius 3 is 2.27 bits per heavy atom. The van der Waals surface area contributed by atoms with E-state index in [1.165, 1.54) is 32.1 Å². The van der Waals surface area contributed by atoms with Crippen LogP contribution in [0.25, 0.3) is 0 Å². The van der Waals surface area contributed by atoms with Crippen LogP contribution in [-0.4, -0.2) is 19.5 Å². The molecule has 0 saturated heterocycles. The second-order valence-corrected chi connectivity index (χ2v) is 14.2. The smallest absolute Gasteiger partial charge is 0.192 e. The van der Waals surface area contributed by atoms with E-state index in [0.717, 1.165) is 11.1 Å². The Labute approximate surface area is 161 Å². The van der Waals surface area contributed by atoms with Crippen LogP contribution in [0.2, 0.25) is 18.1 Å². The quantitative estimate of drug-likeness (QED) is 0.428. The molecule has 2 rings (SSSR count). The molecule has 1 aliphatic carbocycles. The van der Waals surface area contributed by atoms with Crippen molar-refractivity contribution in [3.8, 4) is 0 Å². The molecule has 2 atom stereocenters. The average molecular weight is 375 g/mol. The molecule has 1 fully saturated rings.